The molecule has 1 aromatic heterocycles. The van der Waals surface area contributed by atoms with Crippen LogP contribution in [0.25, 0.3) is 5.69 Å². The Labute approximate surface area is 103 Å². The highest BCUT2D eigenvalue weighted by Gasteiger charge is 2.18. The first kappa shape index (κ1) is 12.2. The topological polar surface area (TPSA) is 99.9 Å². The van der Waals surface area contributed by atoms with Crippen LogP contribution in [0.15, 0.2) is 18.3 Å². The van der Waals surface area contributed by atoms with Gasteiger partial charge in [-0.2, -0.15) is 0 Å². The van der Waals surface area contributed by atoms with Crippen LogP contribution in [-0.4, -0.2) is 19.9 Å². The van der Waals surface area contributed by atoms with E-state index in [4.69, 9.17) is 5.73 Å². The fourth-order valence-corrected chi connectivity index (χ4v) is 1.63. The van der Waals surface area contributed by atoms with E-state index in [9.17, 15) is 10.1 Å². The van der Waals surface area contributed by atoms with Gasteiger partial charge in [0.1, 0.15) is 5.69 Å². The van der Waals surface area contributed by atoms with Crippen LogP contribution >= 0.6 is 0 Å². The maximum absolute atomic E-state index is 11.1. The third-order valence-corrected chi connectivity index (χ3v) is 2.78. The summed E-state index contributed by atoms with van der Waals surface area (Å²) in [6.45, 7) is 3.97. The zero-order chi connectivity index (χ0) is 13.3. The SMILES string of the molecule is Cc1cc(-n2cc(CN)nn2)c([N+](=O)[O-])cc1C. The van der Waals surface area contributed by atoms with Gasteiger partial charge >= 0.3 is 0 Å². The van der Waals surface area contributed by atoms with Gasteiger partial charge in [0.25, 0.3) is 5.69 Å². The van der Waals surface area contributed by atoms with E-state index in [2.05, 4.69) is 10.3 Å². The second kappa shape index (κ2) is 4.53. The minimum atomic E-state index is -0.425. The Morgan fingerprint density at radius 3 is 2.61 bits per heavy atom. The molecule has 0 aliphatic carbocycles. The molecule has 94 valence electrons. The quantitative estimate of drug-likeness (QED) is 0.649. The summed E-state index contributed by atoms with van der Waals surface area (Å²) in [5.41, 5.74) is 8.26. The molecular weight excluding hydrogens is 234 g/mol. The number of hydrogen-bond donors (Lipinski definition) is 1. The summed E-state index contributed by atoms with van der Waals surface area (Å²) in [5.74, 6) is 0. The summed E-state index contributed by atoms with van der Waals surface area (Å²) < 4.78 is 1.38. The third kappa shape index (κ3) is 2.07. The Morgan fingerprint density at radius 1 is 1.39 bits per heavy atom. The van der Waals surface area contributed by atoms with Gasteiger partial charge in [-0.25, -0.2) is 4.68 Å². The van der Waals surface area contributed by atoms with Gasteiger partial charge in [0.15, 0.2) is 0 Å². The number of hydrogen-bond acceptors (Lipinski definition) is 5. The smallest absolute Gasteiger partial charge is 0.295 e. The van der Waals surface area contributed by atoms with Crippen LogP contribution in [0.1, 0.15) is 16.8 Å². The van der Waals surface area contributed by atoms with Crippen molar-refractivity contribution >= 4 is 5.69 Å². The first-order valence-corrected chi connectivity index (χ1v) is 5.40. The molecule has 2 aromatic rings. The van der Waals surface area contributed by atoms with Gasteiger partial charge in [0, 0.05) is 12.6 Å². The van der Waals surface area contributed by atoms with E-state index in [1.165, 1.54) is 10.7 Å². The van der Waals surface area contributed by atoms with Crippen LogP contribution in [0, 0.1) is 24.0 Å². The van der Waals surface area contributed by atoms with E-state index in [0.29, 0.717) is 11.4 Å². The molecule has 0 atom stereocenters. The predicted molar refractivity (Wildman–Crippen MR) is 65.4 cm³/mol. The predicted octanol–water partition coefficient (Wildman–Crippen LogP) is 1.25. The number of nitrogens with two attached hydrogens (primary N) is 1. The van der Waals surface area contributed by atoms with Crippen molar-refractivity contribution in [3.8, 4) is 5.69 Å². The van der Waals surface area contributed by atoms with Crippen molar-refractivity contribution in [2.75, 3.05) is 0 Å². The maximum Gasteiger partial charge on any atom is 0.295 e. The molecule has 0 aliphatic rings. The first-order chi connectivity index (χ1) is 8.52. The number of rotatable bonds is 3. The van der Waals surface area contributed by atoms with Gasteiger partial charge in [-0.15, -0.1) is 5.10 Å². The van der Waals surface area contributed by atoms with Crippen LogP contribution in [0.3, 0.4) is 0 Å². The molecule has 2 rings (SSSR count). The standard InChI is InChI=1S/C11H13N5O2/c1-7-3-10(11(16(17)18)4-8(7)2)15-6-9(5-12)13-14-15/h3-4,6H,5,12H2,1-2H3. The number of aryl methyl sites for hydroxylation is 2. The molecule has 0 radical (unpaired) electrons. The fourth-order valence-electron chi connectivity index (χ4n) is 1.63. The van der Waals surface area contributed by atoms with Gasteiger partial charge in [-0.1, -0.05) is 5.21 Å². The third-order valence-electron chi connectivity index (χ3n) is 2.78. The first-order valence-electron chi connectivity index (χ1n) is 5.40. The number of nitro groups is 1. The highest BCUT2D eigenvalue weighted by atomic mass is 16.6. The molecule has 2 N–H and O–H groups in total. The zero-order valence-electron chi connectivity index (χ0n) is 10.1. The lowest BCUT2D eigenvalue weighted by Gasteiger charge is -2.06. The van der Waals surface area contributed by atoms with E-state index in [1.807, 2.05) is 13.8 Å². The average molecular weight is 247 g/mol. The van der Waals surface area contributed by atoms with Crippen LogP contribution < -0.4 is 5.73 Å². The molecule has 0 bridgehead atoms. The van der Waals surface area contributed by atoms with E-state index < -0.39 is 4.92 Å². The molecule has 18 heavy (non-hydrogen) atoms. The Hall–Kier alpha value is -2.28. The lowest BCUT2D eigenvalue weighted by Crippen LogP contribution is -2.02. The molecule has 7 heteroatoms. The minimum absolute atomic E-state index is 0.00608. The van der Waals surface area contributed by atoms with E-state index in [1.54, 1.807) is 12.3 Å². The van der Waals surface area contributed by atoms with Gasteiger partial charge in [0.2, 0.25) is 0 Å². The summed E-state index contributed by atoms with van der Waals surface area (Å²) >= 11 is 0. The maximum atomic E-state index is 11.1. The van der Waals surface area contributed by atoms with Crippen LogP contribution in [-0.2, 0) is 6.54 Å². The number of nitro benzene ring substituents is 1. The average Bonchev–Trinajstić information content (AvgIpc) is 2.80. The fraction of sp³-hybridized carbons (Fsp3) is 0.273. The molecule has 0 amide bonds. The second-order valence-electron chi connectivity index (χ2n) is 4.04. The van der Waals surface area contributed by atoms with Gasteiger partial charge in [-0.3, -0.25) is 10.1 Å². The molecule has 1 aromatic carbocycles. The molecule has 0 unspecified atom stereocenters. The summed E-state index contributed by atoms with van der Waals surface area (Å²) in [7, 11) is 0. The van der Waals surface area contributed by atoms with Crippen LogP contribution in [0.4, 0.5) is 5.69 Å². The molecular formula is C11H13N5O2. The lowest BCUT2D eigenvalue weighted by molar-refractivity contribution is -0.384. The van der Waals surface area contributed by atoms with Gasteiger partial charge in [0.05, 0.1) is 16.8 Å². The van der Waals surface area contributed by atoms with Crippen molar-refractivity contribution in [1.29, 1.82) is 0 Å². The molecule has 0 spiro atoms. The summed E-state index contributed by atoms with van der Waals surface area (Å²) in [4.78, 5) is 10.6. The Bertz CT molecular complexity index is 605. The Balaban J connectivity index is 2.61. The Morgan fingerprint density at radius 2 is 2.06 bits per heavy atom. The number of aromatic nitrogens is 3. The van der Waals surface area contributed by atoms with Gasteiger partial charge < -0.3 is 5.73 Å². The molecule has 0 fully saturated rings. The summed E-state index contributed by atoms with van der Waals surface area (Å²) in [6, 6.07) is 3.26. The van der Waals surface area contributed by atoms with Crippen molar-refractivity contribution in [3.63, 3.8) is 0 Å². The number of benzene rings is 1. The summed E-state index contributed by atoms with van der Waals surface area (Å²) in [5, 5.41) is 18.7. The number of nitrogens with zero attached hydrogens (tertiary/aromatic N) is 4. The highest BCUT2D eigenvalue weighted by Crippen LogP contribution is 2.26. The zero-order valence-corrected chi connectivity index (χ0v) is 10.1. The molecule has 0 saturated heterocycles. The van der Waals surface area contributed by atoms with Crippen LogP contribution in [0.2, 0.25) is 0 Å². The van der Waals surface area contributed by atoms with Crippen molar-refractivity contribution in [1.82, 2.24) is 15.0 Å². The van der Waals surface area contributed by atoms with E-state index in [-0.39, 0.29) is 12.2 Å². The highest BCUT2D eigenvalue weighted by molar-refractivity contribution is 5.56. The van der Waals surface area contributed by atoms with Crippen molar-refractivity contribution < 1.29 is 4.92 Å². The van der Waals surface area contributed by atoms with Crippen molar-refractivity contribution in [2.45, 2.75) is 20.4 Å². The normalized spacial score (nSPS) is 10.6. The lowest BCUT2D eigenvalue weighted by atomic mass is 10.1. The molecule has 1 heterocycles. The van der Waals surface area contributed by atoms with E-state index in [0.717, 1.165) is 11.1 Å². The minimum Gasteiger partial charge on any atom is -0.325 e. The van der Waals surface area contributed by atoms with E-state index >= 15 is 0 Å². The largest absolute Gasteiger partial charge is 0.325 e. The second-order valence-corrected chi connectivity index (χ2v) is 4.04. The summed E-state index contributed by atoms with van der Waals surface area (Å²) in [6.07, 6.45) is 1.59. The van der Waals surface area contributed by atoms with Crippen molar-refractivity contribution in [3.05, 3.63) is 45.3 Å². The molecule has 0 saturated carbocycles. The van der Waals surface area contributed by atoms with Crippen LogP contribution in [0.5, 0.6) is 0 Å². The monoisotopic (exact) mass is 247 g/mol. The molecule has 7 nitrogen and oxygen atoms in total. The molecule has 0 aliphatic heterocycles. The Kier molecular flexibility index (Phi) is 3.07. The van der Waals surface area contributed by atoms with Crippen molar-refractivity contribution in [2.24, 2.45) is 5.73 Å². The van der Waals surface area contributed by atoms with Gasteiger partial charge in [-0.05, 0) is 31.0 Å².